The van der Waals surface area contributed by atoms with E-state index in [1.807, 2.05) is 0 Å². The first kappa shape index (κ1) is 16.7. The summed E-state index contributed by atoms with van der Waals surface area (Å²) in [7, 11) is -0.713. The molecule has 0 radical (unpaired) electrons. The highest BCUT2D eigenvalue weighted by Gasteiger charge is 1.69. The van der Waals surface area contributed by atoms with Gasteiger partial charge < -0.3 is 4.46 Å². The topological polar surface area (TPSA) is 17.1 Å². The Labute approximate surface area is 69.7 Å². The van der Waals surface area contributed by atoms with Gasteiger partial charge in [0.1, 0.15) is 0 Å². The predicted molar refractivity (Wildman–Crippen MR) is 54.4 cm³/mol. The van der Waals surface area contributed by atoms with Gasteiger partial charge in [0.25, 0.3) is 8.68 Å². The standard InChI is InChI=1S/C3H8.C2H6OSi.C2H8Si/c1-3-2;1-4(2)3;1-3-2/h3H2,1-2H3;1-2H3;3H2,1-2H3. The average Bonchev–Trinajstić information content (AvgIpc) is 1.65. The Kier molecular flexibility index (Phi) is 38.1. The molecule has 0 aromatic rings. The Morgan fingerprint density at radius 3 is 1.20 bits per heavy atom. The van der Waals surface area contributed by atoms with Crippen LogP contribution < -0.4 is 0 Å². The largest absolute Gasteiger partial charge is 0.389 e. The Bertz CT molecular complexity index is 49.6. The van der Waals surface area contributed by atoms with Crippen molar-refractivity contribution >= 4 is 18.2 Å². The van der Waals surface area contributed by atoms with Crippen molar-refractivity contribution < 1.29 is 4.46 Å². The number of rotatable bonds is 0. The summed E-state index contributed by atoms with van der Waals surface area (Å²) in [5.74, 6) is 0. The van der Waals surface area contributed by atoms with Crippen LogP contribution in [0, 0.1) is 0 Å². The van der Waals surface area contributed by atoms with E-state index in [9.17, 15) is 4.46 Å². The Morgan fingerprint density at radius 1 is 1.20 bits per heavy atom. The van der Waals surface area contributed by atoms with E-state index in [1.54, 1.807) is 13.1 Å². The van der Waals surface area contributed by atoms with Gasteiger partial charge in [-0.15, -0.1) is 0 Å². The van der Waals surface area contributed by atoms with E-state index in [2.05, 4.69) is 26.9 Å². The van der Waals surface area contributed by atoms with Gasteiger partial charge in [-0.3, -0.25) is 0 Å². The monoisotopic (exact) mass is 178 g/mol. The molecule has 0 aliphatic rings. The molecule has 0 spiro atoms. The predicted octanol–water partition coefficient (Wildman–Crippen LogP) is 2.34. The third kappa shape index (κ3) is 7880. The second-order valence-corrected chi connectivity index (χ2v) is 5.55. The quantitative estimate of drug-likeness (QED) is 0.520. The van der Waals surface area contributed by atoms with Crippen LogP contribution in [0.25, 0.3) is 0 Å². The molecule has 3 heteroatoms. The summed E-state index contributed by atoms with van der Waals surface area (Å²) < 4.78 is 9.63. The van der Waals surface area contributed by atoms with E-state index in [1.165, 1.54) is 6.42 Å². The minimum atomic E-state index is -1.13. The fraction of sp³-hybridized carbons (Fsp3) is 1.00. The van der Waals surface area contributed by atoms with Crippen LogP contribution in [0.5, 0.6) is 0 Å². The van der Waals surface area contributed by atoms with Crippen LogP contribution >= 0.6 is 0 Å². The van der Waals surface area contributed by atoms with Gasteiger partial charge in [-0.1, -0.05) is 33.4 Å². The lowest BCUT2D eigenvalue weighted by atomic mass is 10.6. The van der Waals surface area contributed by atoms with E-state index in [-0.39, 0.29) is 0 Å². The SMILES string of the molecule is CCC.C[SiH2]C.C[Si](C)=O. The van der Waals surface area contributed by atoms with Crippen LogP contribution in [0.15, 0.2) is 0 Å². The van der Waals surface area contributed by atoms with Crippen molar-refractivity contribution in [1.82, 2.24) is 0 Å². The third-order valence-corrected chi connectivity index (χ3v) is 0. The highest BCUT2D eigenvalue weighted by Crippen LogP contribution is 1.56. The molecule has 0 N–H and O–H groups in total. The fourth-order valence-corrected chi connectivity index (χ4v) is 0. The lowest BCUT2D eigenvalue weighted by molar-refractivity contribution is 0.569. The summed E-state index contributed by atoms with van der Waals surface area (Å²) in [4.78, 5) is 0. The molecule has 0 amide bonds. The second-order valence-electron chi connectivity index (χ2n) is 2.32. The van der Waals surface area contributed by atoms with Crippen molar-refractivity contribution in [3.8, 4) is 0 Å². The van der Waals surface area contributed by atoms with Crippen LogP contribution in [0.2, 0.25) is 26.2 Å². The molecule has 0 aliphatic heterocycles. The van der Waals surface area contributed by atoms with Gasteiger partial charge in [-0.05, 0) is 13.1 Å². The molecule has 0 aromatic carbocycles. The van der Waals surface area contributed by atoms with E-state index < -0.39 is 8.68 Å². The van der Waals surface area contributed by atoms with Gasteiger partial charge in [0.05, 0.1) is 0 Å². The van der Waals surface area contributed by atoms with Crippen molar-refractivity contribution in [2.45, 2.75) is 46.5 Å². The van der Waals surface area contributed by atoms with Crippen molar-refractivity contribution in [3.05, 3.63) is 0 Å². The van der Waals surface area contributed by atoms with Gasteiger partial charge in [0.2, 0.25) is 0 Å². The van der Waals surface area contributed by atoms with Crippen molar-refractivity contribution in [3.63, 3.8) is 0 Å². The summed E-state index contributed by atoms with van der Waals surface area (Å²) in [5.41, 5.74) is 0. The molecule has 0 atom stereocenters. The summed E-state index contributed by atoms with van der Waals surface area (Å²) in [5, 5.41) is 0. The Morgan fingerprint density at radius 2 is 1.20 bits per heavy atom. The maximum absolute atomic E-state index is 9.63. The normalized spacial score (nSPS) is 6.20. The first-order chi connectivity index (χ1) is 4.56. The molecule has 64 valence electrons. The molecule has 0 rings (SSSR count). The Hall–Kier alpha value is 0.234. The molecule has 0 aromatic heterocycles. The fourth-order valence-electron chi connectivity index (χ4n) is 0. The van der Waals surface area contributed by atoms with Crippen molar-refractivity contribution in [2.75, 3.05) is 0 Å². The maximum atomic E-state index is 9.63. The zero-order valence-electron chi connectivity index (χ0n) is 8.32. The summed E-state index contributed by atoms with van der Waals surface area (Å²) in [6, 6.07) is 0. The smallest absolute Gasteiger partial charge is 0.270 e. The highest BCUT2D eigenvalue weighted by molar-refractivity contribution is 6.38. The van der Waals surface area contributed by atoms with Gasteiger partial charge in [-0.25, -0.2) is 0 Å². The van der Waals surface area contributed by atoms with Crippen LogP contribution in [0.1, 0.15) is 20.3 Å². The number of hydrogen-bond acceptors (Lipinski definition) is 1. The number of hydrogen-bond donors (Lipinski definition) is 0. The molecule has 0 unspecified atom stereocenters. The first-order valence-electron chi connectivity index (χ1n) is 4.03. The van der Waals surface area contributed by atoms with Gasteiger partial charge in [-0.2, -0.15) is 0 Å². The lowest BCUT2D eigenvalue weighted by Crippen LogP contribution is -1.72. The zero-order valence-corrected chi connectivity index (χ0v) is 10.7. The van der Waals surface area contributed by atoms with Crippen molar-refractivity contribution in [2.24, 2.45) is 0 Å². The van der Waals surface area contributed by atoms with Crippen LogP contribution in [0.3, 0.4) is 0 Å². The molecule has 0 saturated heterocycles. The molecule has 0 heterocycles. The molecule has 0 saturated carbocycles. The average molecular weight is 178 g/mol. The zero-order chi connectivity index (χ0) is 8.99. The summed E-state index contributed by atoms with van der Waals surface area (Å²) >= 11 is 0. The van der Waals surface area contributed by atoms with Gasteiger partial charge in [0.15, 0.2) is 0 Å². The van der Waals surface area contributed by atoms with Crippen LogP contribution in [-0.2, 0) is 4.46 Å². The minimum Gasteiger partial charge on any atom is -0.389 e. The molecule has 0 aliphatic carbocycles. The molecular formula is C7H22OSi2. The first-order valence-corrected chi connectivity index (χ1v) is 9.27. The van der Waals surface area contributed by atoms with E-state index in [4.69, 9.17) is 0 Å². The lowest BCUT2D eigenvalue weighted by Gasteiger charge is -1.51. The van der Waals surface area contributed by atoms with E-state index in [0.717, 1.165) is 0 Å². The highest BCUT2D eigenvalue weighted by atomic mass is 28.3. The van der Waals surface area contributed by atoms with Gasteiger partial charge in [0, 0.05) is 9.52 Å². The molecule has 0 bridgehead atoms. The van der Waals surface area contributed by atoms with E-state index in [0.29, 0.717) is 9.52 Å². The van der Waals surface area contributed by atoms with Gasteiger partial charge >= 0.3 is 0 Å². The summed E-state index contributed by atoms with van der Waals surface area (Å²) in [6.07, 6.45) is 1.25. The third-order valence-electron chi connectivity index (χ3n) is 0. The molecule has 0 fully saturated rings. The van der Waals surface area contributed by atoms with Crippen LogP contribution in [-0.4, -0.2) is 18.2 Å². The van der Waals surface area contributed by atoms with Crippen molar-refractivity contribution in [1.29, 1.82) is 0 Å². The van der Waals surface area contributed by atoms with E-state index >= 15 is 0 Å². The minimum absolute atomic E-state index is 0.417. The maximum Gasteiger partial charge on any atom is 0.270 e. The molecule has 10 heavy (non-hydrogen) atoms. The molecule has 1 nitrogen and oxygen atoms in total. The molecular weight excluding hydrogens is 156 g/mol. The second kappa shape index (κ2) is 22.9. The van der Waals surface area contributed by atoms with Crippen LogP contribution in [0.4, 0.5) is 0 Å². The summed E-state index contributed by atoms with van der Waals surface area (Å²) in [6.45, 7) is 12.2. The Balaban J connectivity index is -0.0000000750.